The van der Waals surface area contributed by atoms with Crippen LogP contribution in [0.3, 0.4) is 0 Å². The molecule has 0 aliphatic rings. The lowest BCUT2D eigenvalue weighted by atomic mass is 10.1. The van der Waals surface area contributed by atoms with Gasteiger partial charge >= 0.3 is 24.0 Å². The highest BCUT2D eigenvalue weighted by Gasteiger charge is 2.76. The van der Waals surface area contributed by atoms with Gasteiger partial charge in [0.2, 0.25) is 5.91 Å². The fraction of sp³-hybridized carbons (Fsp3) is 0.875. The number of rotatable bonds is 21. The number of esters is 1. The van der Waals surface area contributed by atoms with Crippen LogP contribution in [0.1, 0.15) is 71.1 Å². The highest BCUT2D eigenvalue weighted by Crippen LogP contribution is 2.46. The highest BCUT2D eigenvalue weighted by atomic mass is 32.2. The van der Waals surface area contributed by atoms with Crippen LogP contribution in [0.2, 0.25) is 0 Å². The number of amides is 2. The average molecular weight is 617 g/mol. The minimum absolute atomic E-state index is 0.0674. The molecule has 15 heteroatoms. The van der Waals surface area contributed by atoms with Crippen molar-refractivity contribution in [1.29, 1.82) is 0 Å². The lowest BCUT2D eigenvalue weighted by molar-refractivity contribution is -0.344. The normalized spacial score (nSPS) is 14.0. The second-order valence-corrected chi connectivity index (χ2v) is 10.9. The van der Waals surface area contributed by atoms with Crippen molar-refractivity contribution < 1.29 is 49.9 Å². The molecule has 0 rings (SSSR count). The quantitative estimate of drug-likeness (QED) is 0.0939. The van der Waals surface area contributed by atoms with E-state index in [1.165, 1.54) is 29.9 Å². The van der Waals surface area contributed by atoms with Gasteiger partial charge in [-0.05, 0) is 43.3 Å². The molecule has 0 heterocycles. The van der Waals surface area contributed by atoms with E-state index in [4.69, 9.17) is 4.74 Å². The van der Waals surface area contributed by atoms with Crippen LogP contribution in [0.4, 0.5) is 30.7 Å². The second-order valence-electron chi connectivity index (χ2n) is 8.94. The molecule has 0 aliphatic carbocycles. The standard InChI is InChI=1S/C24H39F7N2O4S2/c1-4-5-6-7-8-9-10-11-14-37-20(35)18(13-16-39-3)32-19(34)17(12-15-38-2)33-21(36)22(25,26)23(27,28)24(29,30)31/h17-18H,4-16H2,1-3H3,(H,32,34)(H,33,36). The molecule has 6 nitrogen and oxygen atoms in total. The predicted molar refractivity (Wildman–Crippen MR) is 139 cm³/mol. The molecule has 0 saturated heterocycles. The van der Waals surface area contributed by atoms with Crippen molar-refractivity contribution >= 4 is 41.3 Å². The van der Waals surface area contributed by atoms with E-state index in [-0.39, 0.29) is 25.2 Å². The van der Waals surface area contributed by atoms with Crippen LogP contribution in [-0.4, -0.2) is 78.5 Å². The predicted octanol–water partition coefficient (Wildman–Crippen LogP) is 5.98. The van der Waals surface area contributed by atoms with E-state index in [0.717, 1.165) is 43.9 Å². The summed E-state index contributed by atoms with van der Waals surface area (Å²) in [7, 11) is 0. The van der Waals surface area contributed by atoms with Gasteiger partial charge in [0.25, 0.3) is 5.91 Å². The largest absolute Gasteiger partial charge is 0.464 e. The van der Waals surface area contributed by atoms with Gasteiger partial charge in [0, 0.05) is 0 Å². The van der Waals surface area contributed by atoms with Gasteiger partial charge in [-0.1, -0.05) is 51.9 Å². The van der Waals surface area contributed by atoms with Crippen molar-refractivity contribution in [1.82, 2.24) is 10.6 Å². The first kappa shape index (κ1) is 37.6. The van der Waals surface area contributed by atoms with Gasteiger partial charge in [-0.3, -0.25) is 9.59 Å². The number of carbonyl (C=O) groups excluding carboxylic acids is 3. The first-order valence-electron chi connectivity index (χ1n) is 12.8. The van der Waals surface area contributed by atoms with Crippen LogP contribution in [0.15, 0.2) is 0 Å². The number of hydrogen-bond donors (Lipinski definition) is 2. The summed E-state index contributed by atoms with van der Waals surface area (Å²) < 4.78 is 96.8. The van der Waals surface area contributed by atoms with E-state index in [1.807, 2.05) is 0 Å². The smallest absolute Gasteiger partial charge is 0.460 e. The van der Waals surface area contributed by atoms with Crippen molar-refractivity contribution in [2.24, 2.45) is 0 Å². The summed E-state index contributed by atoms with van der Waals surface area (Å²) in [6.45, 7) is 2.22. The molecule has 0 bridgehead atoms. The first-order chi connectivity index (χ1) is 18.2. The molecule has 230 valence electrons. The Morgan fingerprint density at radius 3 is 1.72 bits per heavy atom. The van der Waals surface area contributed by atoms with Gasteiger partial charge in [-0.15, -0.1) is 0 Å². The van der Waals surface area contributed by atoms with Crippen LogP contribution < -0.4 is 10.6 Å². The first-order valence-corrected chi connectivity index (χ1v) is 15.5. The Balaban J connectivity index is 5.21. The average Bonchev–Trinajstić information content (AvgIpc) is 2.86. The number of carbonyl (C=O) groups is 3. The molecule has 2 unspecified atom stereocenters. The summed E-state index contributed by atoms with van der Waals surface area (Å²) in [6, 6.07) is -3.12. The lowest BCUT2D eigenvalue weighted by Crippen LogP contribution is -2.62. The Morgan fingerprint density at radius 2 is 1.23 bits per heavy atom. The van der Waals surface area contributed by atoms with Gasteiger partial charge in [-0.25, -0.2) is 4.79 Å². The Labute approximate surface area is 233 Å². The lowest BCUT2D eigenvalue weighted by Gasteiger charge is -2.29. The molecule has 0 aliphatic heterocycles. The van der Waals surface area contributed by atoms with E-state index in [0.29, 0.717) is 12.2 Å². The Hall–Kier alpha value is -1.38. The summed E-state index contributed by atoms with van der Waals surface area (Å²) in [6.07, 6.45) is 4.41. The van der Waals surface area contributed by atoms with Crippen molar-refractivity contribution in [2.75, 3.05) is 30.6 Å². The Morgan fingerprint density at radius 1 is 0.744 bits per heavy atom. The van der Waals surface area contributed by atoms with E-state index >= 15 is 0 Å². The van der Waals surface area contributed by atoms with Gasteiger partial charge in [0.05, 0.1) is 6.61 Å². The SMILES string of the molecule is CCCCCCCCCCOC(=O)C(CCSC)NC(=O)C(CCSC)NC(=O)C(F)(F)C(F)(F)C(F)(F)F. The fourth-order valence-electron chi connectivity index (χ4n) is 3.34. The summed E-state index contributed by atoms with van der Waals surface area (Å²) in [4.78, 5) is 37.1. The minimum atomic E-state index is -6.70. The van der Waals surface area contributed by atoms with Gasteiger partial charge in [0.15, 0.2) is 0 Å². The van der Waals surface area contributed by atoms with Gasteiger partial charge in [0.1, 0.15) is 12.1 Å². The number of halogens is 7. The number of unbranched alkanes of at least 4 members (excludes halogenated alkanes) is 7. The maximum absolute atomic E-state index is 13.8. The Bertz CT molecular complexity index is 744. The summed E-state index contributed by atoms with van der Waals surface area (Å²) >= 11 is 2.45. The number of ether oxygens (including phenoxy) is 1. The molecule has 0 fully saturated rings. The van der Waals surface area contributed by atoms with Crippen LogP contribution in [0, 0.1) is 0 Å². The molecule has 39 heavy (non-hydrogen) atoms. The third-order valence-electron chi connectivity index (χ3n) is 5.72. The monoisotopic (exact) mass is 616 g/mol. The molecule has 2 N–H and O–H groups in total. The van der Waals surface area contributed by atoms with Crippen molar-refractivity contribution in [3.63, 3.8) is 0 Å². The van der Waals surface area contributed by atoms with Gasteiger partial charge in [-0.2, -0.15) is 54.3 Å². The molecule has 0 aromatic carbocycles. The molecule has 2 atom stereocenters. The minimum Gasteiger partial charge on any atom is -0.464 e. The van der Waals surface area contributed by atoms with Gasteiger partial charge < -0.3 is 15.4 Å². The zero-order valence-corrected chi connectivity index (χ0v) is 24.1. The zero-order chi connectivity index (χ0) is 30.1. The maximum Gasteiger partial charge on any atom is 0.460 e. The van der Waals surface area contributed by atoms with Crippen molar-refractivity contribution in [2.45, 2.75) is 101 Å². The Kier molecular flexibility index (Phi) is 18.2. The van der Waals surface area contributed by atoms with E-state index in [1.54, 1.807) is 12.5 Å². The molecule has 0 saturated carbocycles. The number of thioether (sulfide) groups is 2. The molecule has 0 radical (unpaired) electrons. The molecule has 0 spiro atoms. The molecule has 0 aromatic rings. The van der Waals surface area contributed by atoms with E-state index in [9.17, 15) is 45.1 Å². The van der Waals surface area contributed by atoms with E-state index < -0.39 is 47.9 Å². The second kappa shape index (κ2) is 18.9. The van der Waals surface area contributed by atoms with Crippen LogP contribution in [0.5, 0.6) is 0 Å². The summed E-state index contributed by atoms with van der Waals surface area (Å²) in [5.41, 5.74) is 0. The molecular formula is C24H39F7N2O4S2. The van der Waals surface area contributed by atoms with E-state index in [2.05, 4.69) is 12.2 Å². The summed E-state index contributed by atoms with van der Waals surface area (Å²) in [5.74, 6) is -17.3. The fourth-order valence-corrected chi connectivity index (χ4v) is 4.28. The van der Waals surface area contributed by atoms with Crippen molar-refractivity contribution in [3.8, 4) is 0 Å². The van der Waals surface area contributed by atoms with Crippen LogP contribution in [-0.2, 0) is 19.1 Å². The van der Waals surface area contributed by atoms with Crippen LogP contribution >= 0.6 is 23.5 Å². The van der Waals surface area contributed by atoms with Crippen LogP contribution in [0.25, 0.3) is 0 Å². The molecular weight excluding hydrogens is 577 g/mol. The molecule has 2 amide bonds. The third-order valence-corrected chi connectivity index (χ3v) is 7.01. The number of nitrogens with one attached hydrogen (secondary N) is 2. The topological polar surface area (TPSA) is 84.5 Å². The number of alkyl halides is 7. The highest BCUT2D eigenvalue weighted by molar-refractivity contribution is 7.98. The maximum atomic E-state index is 13.8. The summed E-state index contributed by atoms with van der Waals surface area (Å²) in [5, 5.41) is 3.57. The third kappa shape index (κ3) is 13.2. The zero-order valence-electron chi connectivity index (χ0n) is 22.4. The molecule has 0 aromatic heterocycles. The van der Waals surface area contributed by atoms with Crippen molar-refractivity contribution in [3.05, 3.63) is 0 Å². The number of hydrogen-bond acceptors (Lipinski definition) is 6.